The molecule has 2 aromatic carbocycles. The van der Waals surface area contributed by atoms with Crippen molar-refractivity contribution in [3.05, 3.63) is 54.1 Å². The largest absolute Gasteiger partial charge is 0.494 e. The quantitative estimate of drug-likeness (QED) is 0.640. The first-order valence-corrected chi connectivity index (χ1v) is 8.39. The lowest BCUT2D eigenvalue weighted by Gasteiger charge is -2.11. The van der Waals surface area contributed by atoms with Gasteiger partial charge in [-0.2, -0.15) is 0 Å². The van der Waals surface area contributed by atoms with Crippen molar-refractivity contribution in [1.29, 1.82) is 0 Å². The highest BCUT2D eigenvalue weighted by molar-refractivity contribution is 5.47. The smallest absolute Gasteiger partial charge is 0.119 e. The highest BCUT2D eigenvalue weighted by Crippen LogP contribution is 2.18. The average molecular weight is 313 g/mol. The van der Waals surface area contributed by atoms with Crippen LogP contribution in [-0.4, -0.2) is 12.7 Å². The molecule has 1 N–H and O–H groups in total. The van der Waals surface area contributed by atoms with Crippen LogP contribution in [0.1, 0.15) is 39.2 Å². The lowest BCUT2D eigenvalue weighted by Crippen LogP contribution is -2.05. The van der Waals surface area contributed by atoms with Crippen LogP contribution in [0.2, 0.25) is 0 Å². The fraction of sp³-hybridized carbons (Fsp3) is 0.400. The van der Waals surface area contributed by atoms with E-state index in [1.54, 1.807) is 0 Å². The standard InChI is InChI=1S/C20H27NO2/c1-4-5-14-22-19-12-8-18(9-13-19)21-15-17-6-10-20(11-7-17)23-16(2)3/h6-13,16,21H,4-5,14-15H2,1-3H3. The van der Waals surface area contributed by atoms with Crippen molar-refractivity contribution in [3.63, 3.8) is 0 Å². The number of rotatable bonds is 9. The summed E-state index contributed by atoms with van der Waals surface area (Å²) in [6.45, 7) is 7.81. The number of benzene rings is 2. The molecule has 0 atom stereocenters. The highest BCUT2D eigenvalue weighted by atomic mass is 16.5. The lowest BCUT2D eigenvalue weighted by molar-refractivity contribution is 0.242. The van der Waals surface area contributed by atoms with Crippen molar-refractivity contribution >= 4 is 5.69 Å². The Morgan fingerprint density at radius 2 is 1.57 bits per heavy atom. The van der Waals surface area contributed by atoms with E-state index in [1.165, 1.54) is 5.56 Å². The zero-order valence-electron chi connectivity index (χ0n) is 14.3. The molecule has 3 heteroatoms. The molecule has 2 rings (SSSR count). The third-order valence-electron chi connectivity index (χ3n) is 3.41. The van der Waals surface area contributed by atoms with Crippen LogP contribution < -0.4 is 14.8 Å². The van der Waals surface area contributed by atoms with E-state index in [9.17, 15) is 0 Å². The second kappa shape index (κ2) is 9.09. The Hall–Kier alpha value is -2.16. The molecule has 3 nitrogen and oxygen atoms in total. The molecule has 0 aromatic heterocycles. The van der Waals surface area contributed by atoms with Gasteiger partial charge in [0.2, 0.25) is 0 Å². The monoisotopic (exact) mass is 313 g/mol. The average Bonchev–Trinajstić information content (AvgIpc) is 2.55. The molecule has 0 spiro atoms. The van der Waals surface area contributed by atoms with Gasteiger partial charge >= 0.3 is 0 Å². The first kappa shape index (κ1) is 17.2. The second-order valence-corrected chi connectivity index (χ2v) is 5.89. The van der Waals surface area contributed by atoms with E-state index in [-0.39, 0.29) is 6.10 Å². The number of anilines is 1. The first-order chi connectivity index (χ1) is 11.2. The van der Waals surface area contributed by atoms with E-state index in [0.29, 0.717) is 0 Å². The summed E-state index contributed by atoms with van der Waals surface area (Å²) in [5.41, 5.74) is 2.32. The molecule has 0 aliphatic rings. The summed E-state index contributed by atoms with van der Waals surface area (Å²) >= 11 is 0. The molecule has 0 aliphatic carbocycles. The van der Waals surface area contributed by atoms with Crippen molar-refractivity contribution in [2.75, 3.05) is 11.9 Å². The molecule has 0 unspecified atom stereocenters. The molecule has 0 aliphatic heterocycles. The minimum absolute atomic E-state index is 0.206. The second-order valence-electron chi connectivity index (χ2n) is 5.89. The molecule has 124 valence electrons. The summed E-state index contributed by atoms with van der Waals surface area (Å²) in [6.07, 6.45) is 2.45. The number of nitrogens with one attached hydrogen (secondary N) is 1. The minimum Gasteiger partial charge on any atom is -0.494 e. The van der Waals surface area contributed by atoms with E-state index >= 15 is 0 Å². The Kier molecular flexibility index (Phi) is 6.79. The molecule has 0 radical (unpaired) electrons. The fourth-order valence-corrected chi connectivity index (χ4v) is 2.17. The summed E-state index contributed by atoms with van der Waals surface area (Å²) < 4.78 is 11.3. The van der Waals surface area contributed by atoms with Crippen LogP contribution in [0.5, 0.6) is 11.5 Å². The SMILES string of the molecule is CCCCOc1ccc(NCc2ccc(OC(C)C)cc2)cc1. The van der Waals surface area contributed by atoms with Crippen molar-refractivity contribution in [1.82, 2.24) is 0 Å². The molecule has 0 saturated heterocycles. The molecular formula is C20H27NO2. The van der Waals surface area contributed by atoms with Crippen molar-refractivity contribution in [2.24, 2.45) is 0 Å². The van der Waals surface area contributed by atoms with Crippen molar-refractivity contribution < 1.29 is 9.47 Å². The van der Waals surface area contributed by atoms with Gasteiger partial charge in [0, 0.05) is 12.2 Å². The van der Waals surface area contributed by atoms with Crippen molar-refractivity contribution in [2.45, 2.75) is 46.3 Å². The number of hydrogen-bond donors (Lipinski definition) is 1. The molecule has 0 saturated carbocycles. The summed E-state index contributed by atoms with van der Waals surface area (Å²) in [4.78, 5) is 0. The van der Waals surface area contributed by atoms with E-state index in [2.05, 4.69) is 36.5 Å². The molecule has 23 heavy (non-hydrogen) atoms. The Balaban J connectivity index is 1.81. The zero-order chi connectivity index (χ0) is 16.5. The first-order valence-electron chi connectivity index (χ1n) is 8.39. The topological polar surface area (TPSA) is 30.5 Å². The van der Waals surface area contributed by atoms with Gasteiger partial charge in [-0.15, -0.1) is 0 Å². The normalized spacial score (nSPS) is 10.6. The summed E-state index contributed by atoms with van der Waals surface area (Å²) in [6, 6.07) is 16.3. The number of hydrogen-bond acceptors (Lipinski definition) is 3. The Morgan fingerprint density at radius 1 is 0.913 bits per heavy atom. The van der Waals surface area contributed by atoms with E-state index in [1.807, 2.05) is 38.1 Å². The van der Waals surface area contributed by atoms with Crippen LogP contribution in [0.15, 0.2) is 48.5 Å². The lowest BCUT2D eigenvalue weighted by atomic mass is 10.2. The Morgan fingerprint density at radius 3 is 2.17 bits per heavy atom. The van der Waals surface area contributed by atoms with Gasteiger partial charge in [-0.05, 0) is 62.2 Å². The van der Waals surface area contributed by atoms with Gasteiger partial charge in [0.25, 0.3) is 0 Å². The van der Waals surface area contributed by atoms with Gasteiger partial charge in [0.1, 0.15) is 11.5 Å². The summed E-state index contributed by atoms with van der Waals surface area (Å²) in [5, 5.41) is 3.42. The van der Waals surface area contributed by atoms with E-state index < -0.39 is 0 Å². The predicted octanol–water partition coefficient (Wildman–Crippen LogP) is 5.26. The van der Waals surface area contributed by atoms with Gasteiger partial charge in [-0.1, -0.05) is 25.5 Å². The van der Waals surface area contributed by atoms with Crippen LogP contribution in [-0.2, 0) is 6.54 Å². The Bertz CT molecular complexity index is 561. The van der Waals surface area contributed by atoms with Gasteiger partial charge in [0.05, 0.1) is 12.7 Å². The molecule has 0 fully saturated rings. The molecule has 0 bridgehead atoms. The third-order valence-corrected chi connectivity index (χ3v) is 3.41. The highest BCUT2D eigenvalue weighted by Gasteiger charge is 1.99. The van der Waals surface area contributed by atoms with Crippen molar-refractivity contribution in [3.8, 4) is 11.5 Å². The van der Waals surface area contributed by atoms with Gasteiger partial charge < -0.3 is 14.8 Å². The van der Waals surface area contributed by atoms with E-state index in [0.717, 1.165) is 43.2 Å². The van der Waals surface area contributed by atoms with E-state index in [4.69, 9.17) is 9.47 Å². The number of unbranched alkanes of at least 4 members (excludes halogenated alkanes) is 1. The van der Waals surface area contributed by atoms with Crippen LogP contribution >= 0.6 is 0 Å². The fourth-order valence-electron chi connectivity index (χ4n) is 2.17. The summed E-state index contributed by atoms with van der Waals surface area (Å²) in [7, 11) is 0. The molecule has 0 amide bonds. The molecule has 0 heterocycles. The zero-order valence-corrected chi connectivity index (χ0v) is 14.3. The van der Waals surface area contributed by atoms with Crippen LogP contribution in [0.3, 0.4) is 0 Å². The maximum Gasteiger partial charge on any atom is 0.119 e. The van der Waals surface area contributed by atoms with Gasteiger partial charge in [-0.3, -0.25) is 0 Å². The summed E-state index contributed by atoms with van der Waals surface area (Å²) in [5.74, 6) is 1.84. The van der Waals surface area contributed by atoms with Gasteiger partial charge in [0.15, 0.2) is 0 Å². The maximum atomic E-state index is 5.67. The Labute approximate surface area is 139 Å². The predicted molar refractivity (Wildman–Crippen MR) is 96.4 cm³/mol. The van der Waals surface area contributed by atoms with Crippen LogP contribution in [0.25, 0.3) is 0 Å². The van der Waals surface area contributed by atoms with Gasteiger partial charge in [-0.25, -0.2) is 0 Å². The maximum absolute atomic E-state index is 5.67. The van der Waals surface area contributed by atoms with Crippen LogP contribution in [0.4, 0.5) is 5.69 Å². The number of ether oxygens (including phenoxy) is 2. The molecular weight excluding hydrogens is 286 g/mol. The minimum atomic E-state index is 0.206. The van der Waals surface area contributed by atoms with Crippen LogP contribution in [0, 0.1) is 0 Å². The third kappa shape index (κ3) is 6.23. The molecule has 2 aromatic rings.